The maximum Gasteiger partial charge on any atom is 0.333 e. The standard InChI is InChI=1S/C4H6O5.2C3H7NO2S/c5-2(4(8)9)1-3(6)7;2*4-2(1-7)3(5)6/h2,5H,1H2,(H,6,7)(H,8,9);2*2,7H,1,4H2,(H,5,6)/t3*2-/m000/s1. The first-order valence-electron chi connectivity index (χ1n) is 5.71. The van der Waals surface area contributed by atoms with E-state index in [2.05, 4.69) is 25.3 Å². The van der Waals surface area contributed by atoms with E-state index in [1.807, 2.05) is 0 Å². The van der Waals surface area contributed by atoms with Crippen LogP contribution < -0.4 is 11.5 Å². The molecule has 0 aliphatic rings. The van der Waals surface area contributed by atoms with Gasteiger partial charge in [0.05, 0.1) is 6.42 Å². The minimum Gasteiger partial charge on any atom is -0.481 e. The predicted octanol–water partition coefficient (Wildman–Crippen LogP) is -2.44. The molecule has 3 atom stereocenters. The topological polar surface area (TPSA) is 221 Å². The van der Waals surface area contributed by atoms with Gasteiger partial charge in [0.2, 0.25) is 0 Å². The van der Waals surface area contributed by atoms with Crippen molar-refractivity contribution in [3.05, 3.63) is 0 Å². The molecule has 0 saturated carbocycles. The van der Waals surface area contributed by atoms with Crippen LogP contribution in [-0.4, -0.2) is 79.1 Å². The molecule has 0 spiro atoms. The van der Waals surface area contributed by atoms with Crippen molar-refractivity contribution in [2.45, 2.75) is 24.6 Å². The molecule has 0 unspecified atom stereocenters. The predicted molar refractivity (Wildman–Crippen MR) is 84.8 cm³/mol. The third kappa shape index (κ3) is 20.5. The average molecular weight is 376 g/mol. The second kappa shape index (κ2) is 15.4. The summed E-state index contributed by atoms with van der Waals surface area (Å²) in [7, 11) is 0. The number of carboxylic acid groups (broad SMARTS) is 4. The summed E-state index contributed by atoms with van der Waals surface area (Å²) in [6, 6.07) is -1.63. The lowest BCUT2D eigenvalue weighted by Crippen LogP contribution is -2.31. The summed E-state index contributed by atoms with van der Waals surface area (Å²) in [6.07, 6.45) is -2.54. The van der Waals surface area contributed by atoms with Gasteiger partial charge in [-0.1, -0.05) is 0 Å². The fourth-order valence-electron chi connectivity index (χ4n) is 0.409. The molecule has 23 heavy (non-hydrogen) atoms. The third-order valence-electron chi connectivity index (χ3n) is 1.68. The lowest BCUT2D eigenvalue weighted by atomic mass is 10.3. The zero-order chi connectivity index (χ0) is 19.2. The molecule has 11 nitrogen and oxygen atoms in total. The Kier molecular flexibility index (Phi) is 17.6. The molecule has 0 fully saturated rings. The minimum atomic E-state index is -1.79. The smallest absolute Gasteiger partial charge is 0.333 e. The summed E-state index contributed by atoms with van der Waals surface area (Å²) in [6.45, 7) is 0. The van der Waals surface area contributed by atoms with Crippen molar-refractivity contribution < 1.29 is 44.7 Å². The quantitative estimate of drug-likeness (QED) is 0.212. The number of nitrogens with two attached hydrogens (primary N) is 2. The summed E-state index contributed by atoms with van der Waals surface area (Å²) < 4.78 is 0. The number of thiol groups is 2. The van der Waals surface area contributed by atoms with Gasteiger partial charge in [-0.05, 0) is 0 Å². The number of aliphatic carboxylic acids is 4. The zero-order valence-corrected chi connectivity index (χ0v) is 13.6. The van der Waals surface area contributed by atoms with Crippen molar-refractivity contribution in [1.29, 1.82) is 0 Å². The van der Waals surface area contributed by atoms with E-state index in [1.54, 1.807) is 0 Å². The van der Waals surface area contributed by atoms with Crippen molar-refractivity contribution in [2.75, 3.05) is 11.5 Å². The molecule has 0 aliphatic heterocycles. The van der Waals surface area contributed by atoms with Crippen LogP contribution in [0.3, 0.4) is 0 Å². The molecule has 0 aromatic carbocycles. The minimum absolute atomic E-state index is 0.190. The highest BCUT2D eigenvalue weighted by atomic mass is 32.1. The van der Waals surface area contributed by atoms with Gasteiger partial charge in [-0.3, -0.25) is 14.4 Å². The zero-order valence-electron chi connectivity index (χ0n) is 11.8. The Hall–Kier alpha value is -1.54. The van der Waals surface area contributed by atoms with Gasteiger partial charge in [-0.15, -0.1) is 0 Å². The van der Waals surface area contributed by atoms with Gasteiger partial charge in [0.15, 0.2) is 6.10 Å². The molecule has 0 aliphatic carbocycles. The SMILES string of the molecule is N[C@@H](CS)C(=O)O.N[C@@H](CS)C(=O)O.O=C(O)C[C@H](O)C(=O)O. The van der Waals surface area contributed by atoms with Crippen molar-refractivity contribution >= 4 is 49.1 Å². The Balaban J connectivity index is -0.000000264. The molecule has 0 aromatic rings. The van der Waals surface area contributed by atoms with E-state index < -0.39 is 48.5 Å². The molecule has 9 N–H and O–H groups in total. The largest absolute Gasteiger partial charge is 0.481 e. The van der Waals surface area contributed by atoms with Gasteiger partial charge in [0, 0.05) is 11.5 Å². The van der Waals surface area contributed by atoms with Crippen LogP contribution in [0, 0.1) is 0 Å². The number of rotatable bonds is 7. The molecule has 0 radical (unpaired) electrons. The van der Waals surface area contributed by atoms with E-state index >= 15 is 0 Å². The summed E-state index contributed by atoms with van der Waals surface area (Å²) in [5.74, 6) is -4.47. The molecule has 13 heteroatoms. The number of hydrogen-bond acceptors (Lipinski definition) is 9. The Morgan fingerprint density at radius 2 is 1.09 bits per heavy atom. The van der Waals surface area contributed by atoms with Crippen LogP contribution in [0.2, 0.25) is 0 Å². The average Bonchev–Trinajstić information content (AvgIpc) is 2.45. The van der Waals surface area contributed by atoms with Crippen LogP contribution in [-0.2, 0) is 19.2 Å². The Morgan fingerprint density at radius 3 is 1.13 bits per heavy atom. The van der Waals surface area contributed by atoms with Crippen LogP contribution in [0.4, 0.5) is 0 Å². The summed E-state index contributed by atoms with van der Waals surface area (Å²) in [5, 5.41) is 40.2. The fourth-order valence-corrected chi connectivity index (χ4v) is 0.721. The molecular weight excluding hydrogens is 356 g/mol. The second-order valence-electron chi connectivity index (χ2n) is 3.71. The molecule has 0 rings (SSSR count). The highest BCUT2D eigenvalue weighted by Gasteiger charge is 2.16. The third-order valence-corrected chi connectivity index (χ3v) is 2.47. The van der Waals surface area contributed by atoms with Crippen LogP contribution in [0.25, 0.3) is 0 Å². The van der Waals surface area contributed by atoms with Crippen LogP contribution in [0.15, 0.2) is 0 Å². The summed E-state index contributed by atoms with van der Waals surface area (Å²) >= 11 is 7.30. The maximum atomic E-state index is 9.76. The normalized spacial score (nSPS) is 13.1. The van der Waals surface area contributed by atoms with Gasteiger partial charge < -0.3 is 37.0 Å². The molecule has 0 aromatic heterocycles. The van der Waals surface area contributed by atoms with Gasteiger partial charge in [0.25, 0.3) is 0 Å². The van der Waals surface area contributed by atoms with Gasteiger partial charge in [-0.25, -0.2) is 4.79 Å². The van der Waals surface area contributed by atoms with Crippen molar-refractivity contribution in [3.63, 3.8) is 0 Å². The van der Waals surface area contributed by atoms with Crippen LogP contribution in [0.1, 0.15) is 6.42 Å². The van der Waals surface area contributed by atoms with Crippen molar-refractivity contribution in [1.82, 2.24) is 0 Å². The molecule has 136 valence electrons. The fraction of sp³-hybridized carbons (Fsp3) is 0.600. The molecular formula is C10H20N2O9S2. The van der Waals surface area contributed by atoms with E-state index in [-0.39, 0.29) is 11.5 Å². The van der Waals surface area contributed by atoms with Crippen LogP contribution in [0.5, 0.6) is 0 Å². The molecule has 0 bridgehead atoms. The summed E-state index contributed by atoms with van der Waals surface area (Å²) in [5.41, 5.74) is 9.88. The lowest BCUT2D eigenvalue weighted by molar-refractivity contribution is -0.152. The van der Waals surface area contributed by atoms with Gasteiger partial charge >= 0.3 is 23.9 Å². The van der Waals surface area contributed by atoms with Crippen molar-refractivity contribution in [3.8, 4) is 0 Å². The summed E-state index contributed by atoms with van der Waals surface area (Å²) in [4.78, 5) is 38.9. The first-order valence-corrected chi connectivity index (χ1v) is 6.98. The highest BCUT2D eigenvalue weighted by molar-refractivity contribution is 7.80. The second-order valence-corrected chi connectivity index (χ2v) is 4.44. The Labute approximate surface area is 142 Å². The molecule has 0 amide bonds. The number of carboxylic acids is 4. The van der Waals surface area contributed by atoms with E-state index in [0.29, 0.717) is 0 Å². The number of carbonyl (C=O) groups is 4. The number of hydrogen-bond donors (Lipinski definition) is 9. The maximum absolute atomic E-state index is 9.76. The highest BCUT2D eigenvalue weighted by Crippen LogP contribution is 1.89. The Morgan fingerprint density at radius 1 is 0.783 bits per heavy atom. The van der Waals surface area contributed by atoms with E-state index in [0.717, 1.165) is 0 Å². The number of aliphatic hydroxyl groups is 1. The first kappa shape index (κ1) is 26.4. The lowest BCUT2D eigenvalue weighted by Gasteiger charge is -1.97. The van der Waals surface area contributed by atoms with Crippen molar-refractivity contribution in [2.24, 2.45) is 11.5 Å². The van der Waals surface area contributed by atoms with E-state index in [9.17, 15) is 19.2 Å². The van der Waals surface area contributed by atoms with E-state index in [1.165, 1.54) is 0 Å². The number of aliphatic hydroxyl groups excluding tert-OH is 1. The first-order chi connectivity index (χ1) is 10.4. The molecule has 0 heterocycles. The molecule has 0 saturated heterocycles. The van der Waals surface area contributed by atoms with E-state index in [4.69, 9.17) is 37.0 Å². The van der Waals surface area contributed by atoms with Gasteiger partial charge in [-0.2, -0.15) is 25.3 Å². The Bertz CT molecular complexity index is 375. The van der Waals surface area contributed by atoms with Crippen LogP contribution >= 0.6 is 25.3 Å². The monoisotopic (exact) mass is 376 g/mol. The van der Waals surface area contributed by atoms with Gasteiger partial charge in [0.1, 0.15) is 12.1 Å².